The largest absolute Gasteiger partial charge is 0.328 e. The summed E-state index contributed by atoms with van der Waals surface area (Å²) in [6, 6.07) is 0.539. The summed E-state index contributed by atoms with van der Waals surface area (Å²) < 4.78 is 0. The predicted molar refractivity (Wildman–Crippen MR) is 51.9 cm³/mol. The molecular formula is C11H21N. The predicted octanol–water partition coefficient (Wildman–Crippen LogP) is 2.69. The van der Waals surface area contributed by atoms with Crippen LogP contribution >= 0.6 is 0 Å². The van der Waals surface area contributed by atoms with Crippen molar-refractivity contribution in [3.05, 3.63) is 0 Å². The Morgan fingerprint density at radius 1 is 0.750 bits per heavy atom. The lowest BCUT2D eigenvalue weighted by molar-refractivity contribution is 0.250. The molecule has 2 aliphatic carbocycles. The van der Waals surface area contributed by atoms with Gasteiger partial charge in [-0.15, -0.1) is 0 Å². The third-order valence-corrected chi connectivity index (χ3v) is 3.83. The molecule has 1 nitrogen and oxygen atoms in total. The van der Waals surface area contributed by atoms with Crippen LogP contribution in [0.2, 0.25) is 0 Å². The van der Waals surface area contributed by atoms with E-state index in [1.54, 1.807) is 0 Å². The zero-order valence-corrected chi connectivity index (χ0v) is 7.97. The summed E-state index contributed by atoms with van der Waals surface area (Å²) in [5.74, 6) is 2.05. The van der Waals surface area contributed by atoms with Gasteiger partial charge in [-0.05, 0) is 31.1 Å². The second kappa shape index (κ2) is 3.78. The Bertz CT molecular complexity index is 135. The summed E-state index contributed by atoms with van der Waals surface area (Å²) in [5, 5.41) is 0. The zero-order valence-electron chi connectivity index (χ0n) is 7.97. The first-order chi connectivity index (χ1) is 5.86. The summed E-state index contributed by atoms with van der Waals surface area (Å²) >= 11 is 0. The summed E-state index contributed by atoms with van der Waals surface area (Å²) in [7, 11) is 0. The van der Waals surface area contributed by atoms with E-state index < -0.39 is 0 Å². The molecule has 0 spiro atoms. The van der Waals surface area contributed by atoms with Crippen LogP contribution in [0.25, 0.3) is 0 Å². The Morgan fingerprint density at radius 2 is 1.50 bits per heavy atom. The van der Waals surface area contributed by atoms with Crippen LogP contribution in [0.1, 0.15) is 51.4 Å². The lowest BCUT2D eigenvalue weighted by Gasteiger charge is -2.27. The highest BCUT2D eigenvalue weighted by Crippen LogP contribution is 2.38. The van der Waals surface area contributed by atoms with Gasteiger partial charge in [0.25, 0.3) is 0 Å². The molecule has 0 radical (unpaired) electrons. The van der Waals surface area contributed by atoms with Crippen LogP contribution < -0.4 is 5.73 Å². The quantitative estimate of drug-likeness (QED) is 0.638. The van der Waals surface area contributed by atoms with Crippen molar-refractivity contribution < 1.29 is 0 Å². The van der Waals surface area contributed by atoms with E-state index in [1.807, 2.05) is 0 Å². The Morgan fingerprint density at radius 3 is 2.08 bits per heavy atom. The maximum Gasteiger partial charge on any atom is 0.00416 e. The van der Waals surface area contributed by atoms with Gasteiger partial charge < -0.3 is 5.73 Å². The fourth-order valence-corrected chi connectivity index (χ4v) is 3.09. The van der Waals surface area contributed by atoms with Crippen LogP contribution in [0.3, 0.4) is 0 Å². The lowest BCUT2D eigenvalue weighted by atomic mass is 9.79. The van der Waals surface area contributed by atoms with E-state index in [2.05, 4.69) is 0 Å². The molecule has 0 saturated heterocycles. The van der Waals surface area contributed by atoms with E-state index in [1.165, 1.54) is 51.4 Å². The summed E-state index contributed by atoms with van der Waals surface area (Å²) in [6.45, 7) is 0. The molecule has 70 valence electrons. The molecule has 0 heterocycles. The minimum absolute atomic E-state index is 0.539. The van der Waals surface area contributed by atoms with Gasteiger partial charge in [0.2, 0.25) is 0 Å². The molecule has 0 aromatic carbocycles. The van der Waals surface area contributed by atoms with Crippen LogP contribution in [-0.2, 0) is 0 Å². The van der Waals surface area contributed by atoms with E-state index >= 15 is 0 Å². The second-order valence-electron chi connectivity index (χ2n) is 4.73. The number of nitrogens with two attached hydrogens (primary N) is 1. The lowest BCUT2D eigenvalue weighted by Crippen LogP contribution is -2.19. The van der Waals surface area contributed by atoms with Gasteiger partial charge in [-0.2, -0.15) is 0 Å². The van der Waals surface area contributed by atoms with Gasteiger partial charge in [-0.1, -0.05) is 32.1 Å². The van der Waals surface area contributed by atoms with Crippen molar-refractivity contribution in [2.45, 2.75) is 57.4 Å². The molecule has 2 rings (SSSR count). The number of hydrogen-bond donors (Lipinski definition) is 1. The molecule has 0 aliphatic heterocycles. The Kier molecular flexibility index (Phi) is 2.69. The Hall–Kier alpha value is -0.0400. The van der Waals surface area contributed by atoms with Gasteiger partial charge in [0, 0.05) is 6.04 Å². The molecule has 1 heteroatoms. The van der Waals surface area contributed by atoms with E-state index in [4.69, 9.17) is 5.73 Å². The Labute approximate surface area is 75.7 Å². The smallest absolute Gasteiger partial charge is 0.00416 e. The van der Waals surface area contributed by atoms with E-state index in [0.29, 0.717) is 6.04 Å². The fourth-order valence-electron chi connectivity index (χ4n) is 3.09. The molecular weight excluding hydrogens is 146 g/mol. The molecule has 2 aliphatic rings. The highest BCUT2D eigenvalue weighted by atomic mass is 14.6. The molecule has 12 heavy (non-hydrogen) atoms. The fraction of sp³-hybridized carbons (Fsp3) is 1.00. The van der Waals surface area contributed by atoms with Crippen molar-refractivity contribution in [1.29, 1.82) is 0 Å². The molecule has 2 fully saturated rings. The normalized spacial score (nSPS) is 38.8. The molecule has 0 aromatic rings. The molecule has 2 unspecified atom stereocenters. The third kappa shape index (κ3) is 1.82. The topological polar surface area (TPSA) is 26.0 Å². The summed E-state index contributed by atoms with van der Waals surface area (Å²) in [5.41, 5.74) is 5.93. The SMILES string of the molecule is NC1CCC(C2CCCCC2)C1. The summed E-state index contributed by atoms with van der Waals surface area (Å²) in [6.07, 6.45) is 11.5. The van der Waals surface area contributed by atoms with Gasteiger partial charge in [0.05, 0.1) is 0 Å². The zero-order chi connectivity index (χ0) is 8.39. The van der Waals surface area contributed by atoms with Gasteiger partial charge >= 0.3 is 0 Å². The molecule has 2 atom stereocenters. The summed E-state index contributed by atoms with van der Waals surface area (Å²) in [4.78, 5) is 0. The monoisotopic (exact) mass is 167 g/mol. The maximum atomic E-state index is 5.93. The second-order valence-corrected chi connectivity index (χ2v) is 4.73. The first-order valence-electron chi connectivity index (χ1n) is 5.62. The van der Waals surface area contributed by atoms with Crippen LogP contribution in [0.15, 0.2) is 0 Å². The highest BCUT2D eigenvalue weighted by molar-refractivity contribution is 4.83. The molecule has 2 N–H and O–H groups in total. The van der Waals surface area contributed by atoms with E-state index in [0.717, 1.165) is 11.8 Å². The van der Waals surface area contributed by atoms with Crippen LogP contribution in [0, 0.1) is 11.8 Å². The molecule has 0 amide bonds. The number of rotatable bonds is 1. The van der Waals surface area contributed by atoms with Crippen molar-refractivity contribution in [2.75, 3.05) is 0 Å². The van der Waals surface area contributed by atoms with Crippen LogP contribution in [-0.4, -0.2) is 6.04 Å². The van der Waals surface area contributed by atoms with Gasteiger partial charge in [-0.25, -0.2) is 0 Å². The molecule has 2 saturated carbocycles. The number of hydrogen-bond acceptors (Lipinski definition) is 1. The van der Waals surface area contributed by atoms with Gasteiger partial charge in [-0.3, -0.25) is 0 Å². The van der Waals surface area contributed by atoms with Gasteiger partial charge in [0.1, 0.15) is 0 Å². The average molecular weight is 167 g/mol. The van der Waals surface area contributed by atoms with Crippen LogP contribution in [0.5, 0.6) is 0 Å². The maximum absolute atomic E-state index is 5.93. The minimum Gasteiger partial charge on any atom is -0.328 e. The molecule has 0 aromatic heterocycles. The van der Waals surface area contributed by atoms with Crippen molar-refractivity contribution >= 4 is 0 Å². The van der Waals surface area contributed by atoms with Crippen molar-refractivity contribution in [1.82, 2.24) is 0 Å². The van der Waals surface area contributed by atoms with E-state index in [9.17, 15) is 0 Å². The minimum atomic E-state index is 0.539. The third-order valence-electron chi connectivity index (χ3n) is 3.83. The highest BCUT2D eigenvalue weighted by Gasteiger charge is 2.29. The first-order valence-corrected chi connectivity index (χ1v) is 5.62. The average Bonchev–Trinajstić information content (AvgIpc) is 2.54. The Balaban J connectivity index is 1.83. The van der Waals surface area contributed by atoms with E-state index in [-0.39, 0.29) is 0 Å². The first kappa shape index (κ1) is 8.55. The standard InChI is InChI=1S/C11H21N/c12-11-7-6-10(8-11)9-4-2-1-3-5-9/h9-11H,1-8,12H2. The van der Waals surface area contributed by atoms with Crippen molar-refractivity contribution in [2.24, 2.45) is 17.6 Å². The van der Waals surface area contributed by atoms with Crippen LogP contribution in [0.4, 0.5) is 0 Å². The van der Waals surface area contributed by atoms with Gasteiger partial charge in [0.15, 0.2) is 0 Å². The van der Waals surface area contributed by atoms with Crippen molar-refractivity contribution in [3.8, 4) is 0 Å². The molecule has 0 bridgehead atoms. The van der Waals surface area contributed by atoms with Crippen molar-refractivity contribution in [3.63, 3.8) is 0 Å².